The van der Waals surface area contributed by atoms with Gasteiger partial charge in [0.1, 0.15) is 5.82 Å². The monoisotopic (exact) mass is 355 g/mol. The van der Waals surface area contributed by atoms with Crippen molar-refractivity contribution in [2.45, 2.75) is 0 Å². The van der Waals surface area contributed by atoms with Gasteiger partial charge in [0.15, 0.2) is 15.2 Å². The molecule has 2 heterocycles. The summed E-state index contributed by atoms with van der Waals surface area (Å²) in [5.41, 5.74) is 0.611. The normalized spacial score (nSPS) is 14.9. The summed E-state index contributed by atoms with van der Waals surface area (Å²) in [5.74, 6) is -0.699. The third kappa shape index (κ3) is 3.25. The van der Waals surface area contributed by atoms with Crippen LogP contribution in [0.1, 0.15) is 9.67 Å². The number of thiazole rings is 1. The molecule has 1 saturated heterocycles. The van der Waals surface area contributed by atoms with Crippen LogP contribution in [0.25, 0.3) is 0 Å². The van der Waals surface area contributed by atoms with Crippen LogP contribution in [0.15, 0.2) is 24.3 Å². The fourth-order valence-corrected chi connectivity index (χ4v) is 3.74. The second kappa shape index (κ2) is 6.72. The van der Waals surface area contributed by atoms with E-state index in [1.165, 1.54) is 24.5 Å². The van der Waals surface area contributed by atoms with Gasteiger partial charge in [-0.1, -0.05) is 35.1 Å². The first-order valence-corrected chi connectivity index (χ1v) is 8.28. The number of hydrogen-bond acceptors (Lipinski definition) is 6. The smallest absolute Gasteiger partial charge is 0.351 e. The Kier molecular flexibility index (Phi) is 4.68. The van der Waals surface area contributed by atoms with Gasteiger partial charge in [0.05, 0.1) is 12.8 Å². The van der Waals surface area contributed by atoms with Crippen molar-refractivity contribution in [3.05, 3.63) is 40.1 Å². The Balaban J connectivity index is 1.70. The number of carbonyl (C=O) groups excluding carboxylic acids is 1. The Morgan fingerprint density at radius 3 is 2.57 bits per heavy atom. The maximum absolute atomic E-state index is 13.8. The van der Waals surface area contributed by atoms with Gasteiger partial charge in [-0.3, -0.25) is 0 Å². The van der Waals surface area contributed by atoms with Crippen LogP contribution in [0.5, 0.6) is 0 Å². The molecule has 0 atom stereocenters. The zero-order valence-electron chi connectivity index (χ0n) is 12.5. The van der Waals surface area contributed by atoms with Gasteiger partial charge < -0.3 is 14.5 Å². The molecule has 2 aromatic rings. The molecule has 122 valence electrons. The van der Waals surface area contributed by atoms with Crippen LogP contribution in [-0.4, -0.2) is 44.2 Å². The second-order valence-electron chi connectivity index (χ2n) is 5.03. The van der Waals surface area contributed by atoms with Crippen molar-refractivity contribution in [1.29, 1.82) is 0 Å². The highest BCUT2D eigenvalue weighted by Crippen LogP contribution is 2.31. The van der Waals surface area contributed by atoms with E-state index in [0.717, 1.165) is 0 Å². The standard InChI is InChI=1S/C15H15ClFN3O2S/c1-22-14(21)12-13(16)18-15(23-12)20-8-6-19(7-9-20)11-5-3-2-4-10(11)17/h2-5H,6-9H2,1H3. The molecule has 5 nitrogen and oxygen atoms in total. The summed E-state index contributed by atoms with van der Waals surface area (Å²) in [7, 11) is 1.31. The third-order valence-corrected chi connectivity index (χ3v) is 5.17. The summed E-state index contributed by atoms with van der Waals surface area (Å²) >= 11 is 7.21. The van der Waals surface area contributed by atoms with E-state index in [-0.39, 0.29) is 11.0 Å². The lowest BCUT2D eigenvalue weighted by Gasteiger charge is -2.36. The number of esters is 1. The van der Waals surface area contributed by atoms with E-state index in [1.807, 2.05) is 15.9 Å². The number of para-hydroxylation sites is 1. The van der Waals surface area contributed by atoms with Crippen LogP contribution in [0.3, 0.4) is 0 Å². The fraction of sp³-hybridized carbons (Fsp3) is 0.333. The average molecular weight is 356 g/mol. The Hall–Kier alpha value is -1.86. The predicted octanol–water partition coefficient (Wildman–Crippen LogP) is 3.05. The fourth-order valence-electron chi connectivity index (χ4n) is 2.49. The van der Waals surface area contributed by atoms with Gasteiger partial charge in [0, 0.05) is 26.2 Å². The van der Waals surface area contributed by atoms with Crippen LogP contribution >= 0.6 is 22.9 Å². The number of hydrogen-bond donors (Lipinski definition) is 0. The Labute approximate surface area is 142 Å². The molecule has 1 aromatic heterocycles. The van der Waals surface area contributed by atoms with Crippen molar-refractivity contribution in [2.75, 3.05) is 43.1 Å². The van der Waals surface area contributed by atoms with Crippen molar-refractivity contribution < 1.29 is 13.9 Å². The van der Waals surface area contributed by atoms with E-state index in [9.17, 15) is 9.18 Å². The molecule has 0 aliphatic carbocycles. The van der Waals surface area contributed by atoms with Crippen molar-refractivity contribution in [3.63, 3.8) is 0 Å². The maximum atomic E-state index is 13.8. The van der Waals surface area contributed by atoms with Gasteiger partial charge in [0.25, 0.3) is 0 Å². The molecule has 0 amide bonds. The lowest BCUT2D eigenvalue weighted by atomic mass is 10.2. The number of benzene rings is 1. The molecule has 8 heteroatoms. The molecule has 0 bridgehead atoms. The van der Waals surface area contributed by atoms with Crippen LogP contribution in [0.2, 0.25) is 5.15 Å². The highest BCUT2D eigenvalue weighted by Gasteiger charge is 2.24. The average Bonchev–Trinajstić information content (AvgIpc) is 2.97. The molecule has 0 N–H and O–H groups in total. The molecule has 0 unspecified atom stereocenters. The largest absolute Gasteiger partial charge is 0.465 e. The van der Waals surface area contributed by atoms with E-state index in [0.29, 0.717) is 41.9 Å². The predicted molar refractivity (Wildman–Crippen MR) is 89.3 cm³/mol. The minimum absolute atomic E-state index is 0.161. The lowest BCUT2D eigenvalue weighted by Crippen LogP contribution is -2.46. The SMILES string of the molecule is COC(=O)c1sc(N2CCN(c3ccccc3F)CC2)nc1Cl. The van der Waals surface area contributed by atoms with Gasteiger partial charge in [-0.05, 0) is 12.1 Å². The molecule has 1 aromatic carbocycles. The molecule has 0 spiro atoms. The van der Waals surface area contributed by atoms with E-state index < -0.39 is 5.97 Å². The number of carbonyl (C=O) groups is 1. The van der Waals surface area contributed by atoms with Crippen molar-refractivity contribution >= 4 is 39.7 Å². The molecule has 0 saturated carbocycles. The lowest BCUT2D eigenvalue weighted by molar-refractivity contribution is 0.0606. The minimum atomic E-state index is -0.483. The molecule has 23 heavy (non-hydrogen) atoms. The summed E-state index contributed by atoms with van der Waals surface area (Å²) in [6.45, 7) is 2.70. The summed E-state index contributed by atoms with van der Waals surface area (Å²) in [6.07, 6.45) is 0. The van der Waals surface area contributed by atoms with Crippen LogP contribution < -0.4 is 9.80 Å². The maximum Gasteiger partial charge on any atom is 0.351 e. The molecule has 1 aliphatic rings. The van der Waals surface area contributed by atoms with Crippen LogP contribution in [0, 0.1) is 5.82 Å². The van der Waals surface area contributed by atoms with E-state index in [1.54, 1.807) is 12.1 Å². The summed E-state index contributed by atoms with van der Waals surface area (Å²) in [6, 6.07) is 6.75. The number of anilines is 2. The van der Waals surface area contributed by atoms with E-state index in [2.05, 4.69) is 9.72 Å². The Morgan fingerprint density at radius 2 is 1.91 bits per heavy atom. The molecular formula is C15H15ClFN3O2S. The molecule has 0 radical (unpaired) electrons. The van der Waals surface area contributed by atoms with Crippen LogP contribution in [0.4, 0.5) is 15.2 Å². The summed E-state index contributed by atoms with van der Waals surface area (Å²) in [5, 5.41) is 0.844. The van der Waals surface area contributed by atoms with Gasteiger partial charge in [-0.15, -0.1) is 0 Å². The van der Waals surface area contributed by atoms with Gasteiger partial charge >= 0.3 is 5.97 Å². The zero-order chi connectivity index (χ0) is 16.4. The number of ether oxygens (including phenoxy) is 1. The van der Waals surface area contributed by atoms with Gasteiger partial charge in [-0.25, -0.2) is 14.2 Å². The summed E-state index contributed by atoms with van der Waals surface area (Å²) in [4.78, 5) is 20.2. The second-order valence-corrected chi connectivity index (χ2v) is 6.37. The molecule has 1 fully saturated rings. The topological polar surface area (TPSA) is 45.7 Å². The van der Waals surface area contributed by atoms with E-state index >= 15 is 0 Å². The molecule has 3 rings (SSSR count). The Morgan fingerprint density at radius 1 is 1.26 bits per heavy atom. The third-order valence-electron chi connectivity index (χ3n) is 3.69. The van der Waals surface area contributed by atoms with Gasteiger partial charge in [0.2, 0.25) is 0 Å². The number of aromatic nitrogens is 1. The highest BCUT2D eigenvalue weighted by molar-refractivity contribution is 7.18. The number of piperazine rings is 1. The number of methoxy groups -OCH3 is 1. The quantitative estimate of drug-likeness (QED) is 0.792. The first kappa shape index (κ1) is 16.0. The first-order chi connectivity index (χ1) is 11.1. The van der Waals surface area contributed by atoms with E-state index in [4.69, 9.17) is 11.6 Å². The number of rotatable bonds is 3. The van der Waals surface area contributed by atoms with Gasteiger partial charge in [-0.2, -0.15) is 0 Å². The van der Waals surface area contributed by atoms with Crippen molar-refractivity contribution in [1.82, 2.24) is 4.98 Å². The first-order valence-electron chi connectivity index (χ1n) is 7.09. The van der Waals surface area contributed by atoms with Crippen molar-refractivity contribution in [3.8, 4) is 0 Å². The zero-order valence-corrected chi connectivity index (χ0v) is 14.0. The van der Waals surface area contributed by atoms with Crippen molar-refractivity contribution in [2.24, 2.45) is 0 Å². The minimum Gasteiger partial charge on any atom is -0.465 e. The highest BCUT2D eigenvalue weighted by atomic mass is 35.5. The summed E-state index contributed by atoms with van der Waals surface area (Å²) < 4.78 is 18.5. The molecule has 1 aliphatic heterocycles. The Bertz CT molecular complexity index is 716. The molecular weight excluding hydrogens is 341 g/mol. The van der Waals surface area contributed by atoms with Crippen LogP contribution in [-0.2, 0) is 4.74 Å². The number of nitrogens with zero attached hydrogens (tertiary/aromatic N) is 3. The number of halogens is 2.